The molecule has 0 aromatic heterocycles. The minimum atomic E-state index is -0.626. The van der Waals surface area contributed by atoms with Crippen LogP contribution in [0.5, 0.6) is 0 Å². The van der Waals surface area contributed by atoms with Crippen molar-refractivity contribution >= 4 is 29.4 Å². The molecule has 142 valence electrons. The topological polar surface area (TPSA) is 32.3 Å². The maximum atomic E-state index is 13.8. The molecule has 0 aliphatic heterocycles. The van der Waals surface area contributed by atoms with Gasteiger partial charge in [-0.25, -0.2) is 8.78 Å². The lowest BCUT2D eigenvalue weighted by Crippen LogP contribution is -2.16. The number of amides is 1. The Balaban J connectivity index is 1.91. The molecule has 0 unspecified atom stereocenters. The number of hydrogen-bond acceptors (Lipinski definition) is 2. The van der Waals surface area contributed by atoms with Gasteiger partial charge in [0.2, 0.25) is 0 Å². The van der Waals surface area contributed by atoms with E-state index in [9.17, 15) is 13.6 Å². The van der Waals surface area contributed by atoms with E-state index in [1.807, 2.05) is 37.2 Å². The molecule has 0 bridgehead atoms. The van der Waals surface area contributed by atoms with Gasteiger partial charge in [-0.1, -0.05) is 36.4 Å². The fourth-order valence-electron chi connectivity index (χ4n) is 2.78. The number of halogens is 2. The molecule has 0 saturated heterocycles. The standard InChI is InChI=1S/C23H20F2N2O/c1-27(2)22-14-12-16(11-13-18-19(24)9-6-10-20(18)25)15-21(22)26-23(28)17-7-4-3-5-8-17/h3-15H,1-2H3,(H,26,28)/b13-11+. The van der Waals surface area contributed by atoms with Crippen LogP contribution >= 0.6 is 0 Å². The molecule has 0 atom stereocenters. The summed E-state index contributed by atoms with van der Waals surface area (Å²) in [6.07, 6.45) is 3.00. The highest BCUT2D eigenvalue weighted by Crippen LogP contribution is 2.27. The van der Waals surface area contributed by atoms with Crippen LogP contribution in [0.2, 0.25) is 0 Å². The molecule has 0 saturated carbocycles. The van der Waals surface area contributed by atoms with E-state index in [2.05, 4.69) is 5.32 Å². The van der Waals surface area contributed by atoms with Gasteiger partial charge in [0, 0.05) is 25.2 Å². The molecule has 0 spiro atoms. The largest absolute Gasteiger partial charge is 0.376 e. The SMILES string of the molecule is CN(C)c1ccc(/C=C/c2c(F)cccc2F)cc1NC(=O)c1ccccc1. The van der Waals surface area contributed by atoms with Crippen LogP contribution in [0.15, 0.2) is 66.7 Å². The van der Waals surface area contributed by atoms with Crippen molar-refractivity contribution in [2.24, 2.45) is 0 Å². The Hall–Kier alpha value is -3.47. The average Bonchev–Trinajstić information content (AvgIpc) is 2.68. The number of carbonyl (C=O) groups excluding carboxylic acids is 1. The van der Waals surface area contributed by atoms with Crippen LogP contribution in [0.4, 0.5) is 20.2 Å². The molecule has 5 heteroatoms. The minimum Gasteiger partial charge on any atom is -0.376 e. The number of nitrogens with zero attached hydrogens (tertiary/aromatic N) is 1. The van der Waals surface area contributed by atoms with Crippen LogP contribution in [0.1, 0.15) is 21.5 Å². The van der Waals surface area contributed by atoms with Crippen LogP contribution in [-0.4, -0.2) is 20.0 Å². The fraction of sp³-hybridized carbons (Fsp3) is 0.0870. The van der Waals surface area contributed by atoms with Gasteiger partial charge < -0.3 is 10.2 Å². The molecule has 0 heterocycles. The lowest BCUT2D eigenvalue weighted by Gasteiger charge is -2.18. The second-order valence-corrected chi connectivity index (χ2v) is 6.46. The number of anilines is 2. The van der Waals surface area contributed by atoms with Crippen molar-refractivity contribution in [2.75, 3.05) is 24.3 Å². The molecule has 0 aliphatic carbocycles. The van der Waals surface area contributed by atoms with Crippen molar-refractivity contribution in [3.63, 3.8) is 0 Å². The van der Waals surface area contributed by atoms with Crippen molar-refractivity contribution in [2.45, 2.75) is 0 Å². The lowest BCUT2D eigenvalue weighted by atomic mass is 10.1. The highest BCUT2D eigenvalue weighted by Gasteiger charge is 2.11. The molecule has 3 aromatic carbocycles. The van der Waals surface area contributed by atoms with Gasteiger partial charge in [0.05, 0.1) is 11.4 Å². The van der Waals surface area contributed by atoms with E-state index in [0.717, 1.165) is 5.69 Å². The third-order valence-corrected chi connectivity index (χ3v) is 4.23. The van der Waals surface area contributed by atoms with E-state index in [1.165, 1.54) is 24.3 Å². The van der Waals surface area contributed by atoms with E-state index in [0.29, 0.717) is 16.8 Å². The Morgan fingerprint density at radius 2 is 1.57 bits per heavy atom. The third kappa shape index (κ3) is 4.43. The number of rotatable bonds is 5. The number of benzene rings is 3. The van der Waals surface area contributed by atoms with Crippen LogP contribution in [0, 0.1) is 11.6 Å². The molecule has 3 nitrogen and oxygen atoms in total. The molecule has 1 N–H and O–H groups in total. The van der Waals surface area contributed by atoms with Crippen molar-refractivity contribution in [3.8, 4) is 0 Å². The predicted octanol–water partition coefficient (Wildman–Crippen LogP) is 5.45. The van der Waals surface area contributed by atoms with Crippen molar-refractivity contribution in [1.82, 2.24) is 0 Å². The molecule has 1 amide bonds. The minimum absolute atomic E-state index is 0.103. The van der Waals surface area contributed by atoms with Gasteiger partial charge in [0.1, 0.15) is 11.6 Å². The van der Waals surface area contributed by atoms with Gasteiger partial charge in [-0.2, -0.15) is 0 Å². The summed E-state index contributed by atoms with van der Waals surface area (Å²) in [5.74, 6) is -1.48. The van der Waals surface area contributed by atoms with Crippen molar-refractivity contribution in [3.05, 3.63) is 95.1 Å². The number of carbonyl (C=O) groups is 1. The number of hydrogen-bond donors (Lipinski definition) is 1. The van der Waals surface area contributed by atoms with Gasteiger partial charge in [0.25, 0.3) is 5.91 Å². The summed E-state index contributed by atoms with van der Waals surface area (Å²) in [6.45, 7) is 0. The molecule has 0 aliphatic rings. The van der Waals surface area contributed by atoms with Crippen LogP contribution in [0.25, 0.3) is 12.2 Å². The maximum absolute atomic E-state index is 13.8. The monoisotopic (exact) mass is 378 g/mol. The Morgan fingerprint density at radius 1 is 0.893 bits per heavy atom. The lowest BCUT2D eigenvalue weighted by molar-refractivity contribution is 0.102. The zero-order chi connectivity index (χ0) is 20.1. The van der Waals surface area contributed by atoms with E-state index < -0.39 is 11.6 Å². The first-order valence-electron chi connectivity index (χ1n) is 8.75. The highest BCUT2D eigenvalue weighted by molar-refractivity contribution is 6.06. The summed E-state index contributed by atoms with van der Waals surface area (Å²) in [5, 5.41) is 2.91. The average molecular weight is 378 g/mol. The molecule has 3 aromatic rings. The Labute approximate surface area is 162 Å². The van der Waals surface area contributed by atoms with E-state index in [4.69, 9.17) is 0 Å². The summed E-state index contributed by atoms with van der Waals surface area (Å²) in [4.78, 5) is 14.4. The summed E-state index contributed by atoms with van der Waals surface area (Å²) >= 11 is 0. The van der Waals surface area contributed by atoms with Crippen LogP contribution in [-0.2, 0) is 0 Å². The predicted molar refractivity (Wildman–Crippen MR) is 110 cm³/mol. The van der Waals surface area contributed by atoms with Crippen LogP contribution in [0.3, 0.4) is 0 Å². The molecular formula is C23H20F2N2O. The van der Waals surface area contributed by atoms with Gasteiger partial charge in [0.15, 0.2) is 0 Å². The Morgan fingerprint density at radius 3 is 2.21 bits per heavy atom. The second kappa shape index (κ2) is 8.48. The Kier molecular flexibility index (Phi) is 5.84. The molecule has 28 heavy (non-hydrogen) atoms. The van der Waals surface area contributed by atoms with Crippen molar-refractivity contribution in [1.29, 1.82) is 0 Å². The van der Waals surface area contributed by atoms with Gasteiger partial charge in [-0.05, 0) is 48.0 Å². The Bertz CT molecular complexity index is 994. The normalized spacial score (nSPS) is 10.9. The summed E-state index contributed by atoms with van der Waals surface area (Å²) in [7, 11) is 3.75. The quantitative estimate of drug-likeness (QED) is 0.599. The van der Waals surface area contributed by atoms with E-state index >= 15 is 0 Å². The zero-order valence-electron chi connectivity index (χ0n) is 15.6. The number of nitrogens with one attached hydrogen (secondary N) is 1. The molecule has 0 radical (unpaired) electrons. The maximum Gasteiger partial charge on any atom is 0.255 e. The first kappa shape index (κ1) is 19.3. The van der Waals surface area contributed by atoms with Gasteiger partial charge in [-0.3, -0.25) is 4.79 Å². The zero-order valence-corrected chi connectivity index (χ0v) is 15.6. The fourth-order valence-corrected chi connectivity index (χ4v) is 2.78. The van der Waals surface area contributed by atoms with Gasteiger partial charge in [-0.15, -0.1) is 0 Å². The smallest absolute Gasteiger partial charge is 0.255 e. The molecule has 3 rings (SSSR count). The second-order valence-electron chi connectivity index (χ2n) is 6.46. The van der Waals surface area contributed by atoms with Crippen LogP contribution < -0.4 is 10.2 Å². The first-order valence-corrected chi connectivity index (χ1v) is 8.75. The van der Waals surface area contributed by atoms with Crippen molar-refractivity contribution < 1.29 is 13.6 Å². The molecule has 0 fully saturated rings. The van der Waals surface area contributed by atoms with E-state index in [1.54, 1.807) is 36.4 Å². The first-order chi connectivity index (χ1) is 13.5. The van der Waals surface area contributed by atoms with E-state index in [-0.39, 0.29) is 11.5 Å². The summed E-state index contributed by atoms with van der Waals surface area (Å²) in [6, 6.07) is 18.1. The summed E-state index contributed by atoms with van der Waals surface area (Å²) < 4.78 is 27.6. The highest BCUT2D eigenvalue weighted by atomic mass is 19.1. The molecular weight excluding hydrogens is 358 g/mol. The third-order valence-electron chi connectivity index (χ3n) is 4.23. The van der Waals surface area contributed by atoms with Gasteiger partial charge >= 0.3 is 0 Å². The summed E-state index contributed by atoms with van der Waals surface area (Å²) in [5.41, 5.74) is 2.57.